The van der Waals surface area contributed by atoms with Gasteiger partial charge in [0.1, 0.15) is 16.7 Å². The van der Waals surface area contributed by atoms with Crippen LogP contribution in [0.15, 0.2) is 44.7 Å². The van der Waals surface area contributed by atoms with Crippen LogP contribution in [0.3, 0.4) is 0 Å². The molecule has 0 saturated heterocycles. The average Bonchev–Trinajstić information content (AvgIpc) is 3.40. The maximum absolute atomic E-state index is 13.3. The molecule has 3 heterocycles. The van der Waals surface area contributed by atoms with E-state index >= 15 is 0 Å². The molecular weight excluding hydrogens is 514 g/mol. The monoisotopic (exact) mass is 542 g/mol. The number of aromatic amines is 1. The Bertz CT molecular complexity index is 1400. The van der Waals surface area contributed by atoms with Crippen LogP contribution in [-0.4, -0.2) is 39.6 Å². The van der Waals surface area contributed by atoms with Gasteiger partial charge in [-0.1, -0.05) is 25.1 Å². The van der Waals surface area contributed by atoms with E-state index in [2.05, 4.69) is 16.7 Å². The number of amides is 2. The highest BCUT2D eigenvalue weighted by molar-refractivity contribution is 8.00. The largest absolute Gasteiger partial charge is 0.444 e. The Hall–Kier alpha value is -3.56. The van der Waals surface area contributed by atoms with Crippen LogP contribution in [0.5, 0.6) is 0 Å². The molecule has 2 amide bonds. The summed E-state index contributed by atoms with van der Waals surface area (Å²) in [7, 11) is 0. The Labute approximate surface area is 222 Å². The van der Waals surface area contributed by atoms with Gasteiger partial charge in [0.15, 0.2) is 0 Å². The van der Waals surface area contributed by atoms with Gasteiger partial charge in [-0.2, -0.15) is 5.26 Å². The highest BCUT2D eigenvalue weighted by atomic mass is 32.2. The number of nitrogens with zero attached hydrogens (tertiary/aromatic N) is 3. The van der Waals surface area contributed by atoms with Gasteiger partial charge in [-0.05, 0) is 60.9 Å². The van der Waals surface area contributed by atoms with Crippen LogP contribution in [-0.2, 0) is 22.5 Å². The number of thiophene rings is 1. The number of hydrogen-bond acceptors (Lipinski definition) is 8. The molecule has 4 rings (SSSR count). The lowest BCUT2D eigenvalue weighted by Gasteiger charge is -2.29. The molecule has 2 aromatic heterocycles. The van der Waals surface area contributed by atoms with Gasteiger partial charge in [0.05, 0.1) is 17.4 Å². The average molecular weight is 543 g/mol. The highest BCUT2D eigenvalue weighted by Crippen LogP contribution is 2.37. The first-order chi connectivity index (χ1) is 17.6. The van der Waals surface area contributed by atoms with Crippen molar-refractivity contribution in [3.8, 4) is 11.8 Å². The number of carbonyl (C=O) groups excluding carboxylic acids is 2. The summed E-state index contributed by atoms with van der Waals surface area (Å²) in [6.07, 6.45) is 0.530. The third-order valence-electron chi connectivity index (χ3n) is 5.60. The molecule has 1 aliphatic rings. The topological polar surface area (TPSA) is 132 Å². The number of carbonyl (C=O) groups is 2. The molecule has 1 aromatic carbocycles. The first kappa shape index (κ1) is 26.5. The fourth-order valence-electron chi connectivity index (χ4n) is 3.85. The number of aromatic nitrogens is 2. The van der Waals surface area contributed by atoms with Crippen LogP contribution in [0.25, 0.3) is 5.69 Å². The molecule has 0 saturated carbocycles. The minimum absolute atomic E-state index is 0.243. The van der Waals surface area contributed by atoms with E-state index in [4.69, 9.17) is 9.26 Å². The summed E-state index contributed by atoms with van der Waals surface area (Å²) >= 11 is 2.38. The molecule has 0 fully saturated rings. The number of anilines is 1. The minimum atomic E-state index is -0.613. The summed E-state index contributed by atoms with van der Waals surface area (Å²) in [4.78, 5) is 40.6. The van der Waals surface area contributed by atoms with Gasteiger partial charge in [0.2, 0.25) is 11.6 Å². The Kier molecular flexibility index (Phi) is 7.75. The van der Waals surface area contributed by atoms with Crippen molar-refractivity contribution in [2.75, 3.05) is 11.9 Å². The Morgan fingerprint density at radius 3 is 2.73 bits per heavy atom. The second-order valence-electron chi connectivity index (χ2n) is 9.43. The van der Waals surface area contributed by atoms with Crippen LogP contribution in [0, 0.1) is 11.3 Å². The molecule has 10 nitrogen and oxygen atoms in total. The summed E-state index contributed by atoms with van der Waals surface area (Å²) < 4.78 is 12.0. The maximum atomic E-state index is 13.3. The summed E-state index contributed by atoms with van der Waals surface area (Å²) in [5.74, 6) is -0.327. The van der Waals surface area contributed by atoms with Crippen LogP contribution < -0.4 is 15.6 Å². The third-order valence-corrected chi connectivity index (χ3v) is 8.13. The summed E-state index contributed by atoms with van der Waals surface area (Å²) in [6, 6.07) is 11.4. The van der Waals surface area contributed by atoms with Crippen molar-refractivity contribution in [1.29, 1.82) is 5.26 Å². The van der Waals surface area contributed by atoms with Crippen molar-refractivity contribution in [2.45, 2.75) is 63.0 Å². The van der Waals surface area contributed by atoms with Crippen LogP contribution in [0.4, 0.5) is 9.80 Å². The first-order valence-electron chi connectivity index (χ1n) is 11.8. The molecule has 3 aromatic rings. The maximum Gasteiger partial charge on any atom is 0.442 e. The predicted molar refractivity (Wildman–Crippen MR) is 139 cm³/mol. The van der Waals surface area contributed by atoms with E-state index in [1.54, 1.807) is 4.90 Å². The summed E-state index contributed by atoms with van der Waals surface area (Å²) in [5.41, 5.74) is 0.769. The minimum Gasteiger partial charge on any atom is -0.444 e. The molecule has 2 N–H and O–H groups in total. The molecule has 12 heteroatoms. The number of benzene rings is 1. The number of H-pyrrole nitrogens is 1. The number of fused-ring (bicyclic) bond motifs is 1. The van der Waals surface area contributed by atoms with Crippen LogP contribution in [0.2, 0.25) is 0 Å². The van der Waals surface area contributed by atoms with Gasteiger partial charge in [0.25, 0.3) is 0 Å². The van der Waals surface area contributed by atoms with Gasteiger partial charge < -0.3 is 15.0 Å². The number of thioether (sulfide) groups is 1. The van der Waals surface area contributed by atoms with Gasteiger partial charge in [-0.15, -0.1) is 11.3 Å². The zero-order valence-electron chi connectivity index (χ0n) is 21.0. The molecular formula is C25H28N5O5S2+. The highest BCUT2D eigenvalue weighted by Gasteiger charge is 2.33. The van der Waals surface area contributed by atoms with E-state index in [0.29, 0.717) is 42.2 Å². The predicted octanol–water partition coefficient (Wildman–Crippen LogP) is 3.98. The number of rotatable bonds is 6. The smallest absolute Gasteiger partial charge is 0.442 e. The molecule has 0 spiro atoms. The van der Waals surface area contributed by atoms with Crippen molar-refractivity contribution in [3.63, 3.8) is 0 Å². The summed E-state index contributed by atoms with van der Waals surface area (Å²) in [5, 5.41) is 15.4. The summed E-state index contributed by atoms with van der Waals surface area (Å²) in [6.45, 7) is 8.03. The lowest BCUT2D eigenvalue weighted by Crippen LogP contribution is -2.39. The van der Waals surface area contributed by atoms with Crippen molar-refractivity contribution in [2.24, 2.45) is 0 Å². The zero-order chi connectivity index (χ0) is 26.7. The fraction of sp³-hybridized carbons (Fsp3) is 0.400. The number of nitrogens with one attached hydrogen (secondary N) is 2. The molecule has 0 aliphatic carbocycles. The molecule has 194 valence electrons. The Morgan fingerprint density at radius 2 is 2.08 bits per heavy atom. The molecule has 0 bridgehead atoms. The number of nitriles is 1. The SMILES string of the molecule is CCC(Sc1c(=O)o[nH][n+]1-c1ccccc1)C(=O)Nc1sc2c(c1C#N)CCN(C(=O)OC(C)(C)C)C2. The fourth-order valence-corrected chi connectivity index (χ4v) is 6.06. The van der Waals surface area contributed by atoms with E-state index < -0.39 is 22.6 Å². The van der Waals surface area contributed by atoms with Gasteiger partial charge in [0, 0.05) is 23.6 Å². The zero-order valence-corrected chi connectivity index (χ0v) is 22.6. The molecule has 1 atom stereocenters. The van der Waals surface area contributed by atoms with Crippen LogP contribution >= 0.6 is 23.1 Å². The van der Waals surface area contributed by atoms with Gasteiger partial charge in [-0.3, -0.25) is 9.32 Å². The molecule has 0 radical (unpaired) electrons. The second kappa shape index (κ2) is 10.8. The van der Waals surface area contributed by atoms with Crippen molar-refractivity contribution < 1.29 is 23.5 Å². The first-order valence-corrected chi connectivity index (χ1v) is 13.5. The Morgan fingerprint density at radius 1 is 1.35 bits per heavy atom. The van der Waals surface area contributed by atoms with Gasteiger partial charge in [-0.25, -0.2) is 9.59 Å². The Balaban J connectivity index is 1.52. The third kappa shape index (κ3) is 5.89. The van der Waals surface area contributed by atoms with E-state index in [9.17, 15) is 19.6 Å². The van der Waals surface area contributed by atoms with E-state index in [-0.39, 0.29) is 10.9 Å². The number of ether oxygens (including phenoxy) is 1. The van der Waals surface area contributed by atoms with E-state index in [1.165, 1.54) is 16.0 Å². The van der Waals surface area contributed by atoms with Crippen molar-refractivity contribution in [1.82, 2.24) is 10.2 Å². The molecule has 1 unspecified atom stereocenters. The number of hydrogen-bond donors (Lipinski definition) is 2. The van der Waals surface area contributed by atoms with Crippen LogP contribution in [0.1, 0.15) is 50.1 Å². The normalized spacial score (nSPS) is 14.0. The number of para-hydroxylation sites is 1. The lowest BCUT2D eigenvalue weighted by atomic mass is 10.0. The second-order valence-corrected chi connectivity index (χ2v) is 11.7. The standard InChI is InChI=1S/C25H27N5O5S2/c1-5-18(37-22-23(32)35-28-30(22)15-9-7-6-8-10-15)20(31)27-21-17(13-26)16-11-12-29(14-19(16)36-21)24(33)34-25(2,3)4/h6-10,18H,5,11-12,14H2,1-4H3,(H-,27,28,31,32)/p+1. The van der Waals surface area contributed by atoms with E-state index in [1.807, 2.05) is 58.0 Å². The quantitative estimate of drug-likeness (QED) is 0.356. The van der Waals surface area contributed by atoms with Gasteiger partial charge >= 0.3 is 16.7 Å². The van der Waals surface area contributed by atoms with Crippen molar-refractivity contribution >= 4 is 40.1 Å². The van der Waals surface area contributed by atoms with Crippen molar-refractivity contribution in [3.05, 3.63) is 56.8 Å². The lowest BCUT2D eigenvalue weighted by molar-refractivity contribution is -0.704. The molecule has 37 heavy (non-hydrogen) atoms. The molecule has 1 aliphatic heterocycles. The van der Waals surface area contributed by atoms with E-state index in [0.717, 1.165) is 22.2 Å².